The Hall–Kier alpha value is -1.00. The molecule has 18 heavy (non-hydrogen) atoms. The van der Waals surface area contributed by atoms with Crippen molar-refractivity contribution in [3.63, 3.8) is 0 Å². The summed E-state index contributed by atoms with van der Waals surface area (Å²) in [5, 5.41) is 12.7. The van der Waals surface area contributed by atoms with E-state index in [1.807, 2.05) is 32.2 Å². The van der Waals surface area contributed by atoms with Gasteiger partial charge in [0, 0.05) is 17.9 Å². The third-order valence-corrected chi connectivity index (χ3v) is 3.76. The number of hydrogen-bond acceptors (Lipinski definition) is 3. The third kappa shape index (κ3) is 4.35. The van der Waals surface area contributed by atoms with Gasteiger partial charge in [-0.3, -0.25) is 4.79 Å². The van der Waals surface area contributed by atoms with Crippen LogP contribution in [0, 0.1) is 13.8 Å². The molecule has 1 aromatic carbocycles. The summed E-state index contributed by atoms with van der Waals surface area (Å²) in [7, 11) is 0. The number of hydrogen-bond donors (Lipinski definition) is 2. The fourth-order valence-electron chi connectivity index (χ4n) is 1.62. The van der Waals surface area contributed by atoms with E-state index in [1.54, 1.807) is 24.8 Å². The van der Waals surface area contributed by atoms with Crippen molar-refractivity contribution in [3.05, 3.63) is 34.9 Å². The molecular formula is C14H21NO2S. The molecule has 0 saturated heterocycles. The van der Waals surface area contributed by atoms with Crippen molar-refractivity contribution in [3.8, 4) is 0 Å². The Morgan fingerprint density at radius 3 is 2.61 bits per heavy atom. The number of nitrogens with one attached hydrogen (secondary N) is 1. The fourth-order valence-corrected chi connectivity index (χ4v) is 2.34. The monoisotopic (exact) mass is 267 g/mol. The molecule has 1 atom stereocenters. The molecule has 0 spiro atoms. The van der Waals surface area contributed by atoms with Crippen LogP contribution in [-0.2, 0) is 0 Å². The van der Waals surface area contributed by atoms with Gasteiger partial charge in [-0.25, -0.2) is 0 Å². The van der Waals surface area contributed by atoms with Gasteiger partial charge in [0.1, 0.15) is 0 Å². The number of aliphatic hydroxyl groups is 1. The lowest BCUT2D eigenvalue weighted by Gasteiger charge is -2.22. The largest absolute Gasteiger partial charge is 0.387 e. The minimum Gasteiger partial charge on any atom is -0.387 e. The predicted molar refractivity (Wildman–Crippen MR) is 77.3 cm³/mol. The van der Waals surface area contributed by atoms with Crippen LogP contribution in [-0.4, -0.2) is 35.2 Å². The summed E-state index contributed by atoms with van der Waals surface area (Å²) >= 11 is 1.56. The van der Waals surface area contributed by atoms with E-state index in [0.29, 0.717) is 11.3 Å². The molecule has 0 aliphatic rings. The van der Waals surface area contributed by atoms with Gasteiger partial charge in [0.15, 0.2) is 0 Å². The maximum atomic E-state index is 11.9. The Bertz CT molecular complexity index is 430. The Morgan fingerprint density at radius 2 is 2.06 bits per heavy atom. The highest BCUT2D eigenvalue weighted by molar-refractivity contribution is 7.98. The first-order valence-electron chi connectivity index (χ1n) is 5.92. The van der Waals surface area contributed by atoms with Crippen molar-refractivity contribution < 1.29 is 9.90 Å². The van der Waals surface area contributed by atoms with Crippen LogP contribution in [0.2, 0.25) is 0 Å². The summed E-state index contributed by atoms with van der Waals surface area (Å²) in [6.45, 7) is 5.99. The first-order valence-corrected chi connectivity index (χ1v) is 7.32. The van der Waals surface area contributed by atoms with Gasteiger partial charge in [-0.1, -0.05) is 6.07 Å². The molecule has 1 rings (SSSR count). The Labute approximate surface area is 113 Å². The summed E-state index contributed by atoms with van der Waals surface area (Å²) in [5.74, 6) is 0.458. The molecule has 3 nitrogen and oxygen atoms in total. The zero-order valence-electron chi connectivity index (χ0n) is 11.4. The van der Waals surface area contributed by atoms with Crippen molar-refractivity contribution in [1.82, 2.24) is 5.32 Å². The van der Waals surface area contributed by atoms with E-state index in [2.05, 4.69) is 5.32 Å². The molecule has 0 radical (unpaired) electrons. The highest BCUT2D eigenvalue weighted by Gasteiger charge is 2.20. The van der Waals surface area contributed by atoms with Gasteiger partial charge in [0.25, 0.3) is 5.91 Å². The number of thioether (sulfide) groups is 1. The molecule has 0 aromatic heterocycles. The van der Waals surface area contributed by atoms with Gasteiger partial charge >= 0.3 is 0 Å². The normalized spacial score (nSPS) is 14.1. The fraction of sp³-hybridized carbons (Fsp3) is 0.500. The van der Waals surface area contributed by atoms with Crippen molar-refractivity contribution in [2.24, 2.45) is 0 Å². The van der Waals surface area contributed by atoms with Gasteiger partial charge in [-0.15, -0.1) is 0 Å². The van der Waals surface area contributed by atoms with Crippen LogP contribution >= 0.6 is 11.8 Å². The zero-order chi connectivity index (χ0) is 13.8. The highest BCUT2D eigenvalue weighted by Crippen LogP contribution is 2.11. The zero-order valence-corrected chi connectivity index (χ0v) is 12.2. The second-order valence-electron chi connectivity index (χ2n) is 4.91. The summed E-state index contributed by atoms with van der Waals surface area (Å²) in [4.78, 5) is 11.9. The molecule has 0 aliphatic heterocycles. The number of carbonyl (C=O) groups is 1. The van der Waals surface area contributed by atoms with E-state index < -0.39 is 5.60 Å². The lowest BCUT2D eigenvalue weighted by molar-refractivity contribution is 0.0725. The lowest BCUT2D eigenvalue weighted by atomic mass is 10.1. The maximum Gasteiger partial charge on any atom is 0.251 e. The molecule has 4 heteroatoms. The van der Waals surface area contributed by atoms with Crippen molar-refractivity contribution >= 4 is 17.7 Å². The molecule has 1 unspecified atom stereocenters. The first kappa shape index (κ1) is 15.1. The van der Waals surface area contributed by atoms with Crippen LogP contribution in [0.1, 0.15) is 28.4 Å². The number of carbonyl (C=O) groups excluding carboxylic acids is 1. The summed E-state index contributed by atoms with van der Waals surface area (Å²) in [6, 6.07) is 5.61. The van der Waals surface area contributed by atoms with Crippen LogP contribution in [0.3, 0.4) is 0 Å². The number of benzene rings is 1. The maximum absolute atomic E-state index is 11.9. The Morgan fingerprint density at radius 1 is 1.39 bits per heavy atom. The lowest BCUT2D eigenvalue weighted by Crippen LogP contribution is -2.42. The van der Waals surface area contributed by atoms with Gasteiger partial charge in [0.05, 0.1) is 5.60 Å². The molecule has 100 valence electrons. The Balaban J connectivity index is 2.63. The molecule has 0 fully saturated rings. The van der Waals surface area contributed by atoms with E-state index in [9.17, 15) is 9.90 Å². The van der Waals surface area contributed by atoms with Gasteiger partial charge < -0.3 is 10.4 Å². The second-order valence-corrected chi connectivity index (χ2v) is 5.78. The quantitative estimate of drug-likeness (QED) is 0.859. The summed E-state index contributed by atoms with van der Waals surface area (Å²) in [5.41, 5.74) is 2.03. The van der Waals surface area contributed by atoms with Crippen molar-refractivity contribution in [2.75, 3.05) is 18.6 Å². The first-order chi connectivity index (χ1) is 8.35. The molecule has 1 aromatic rings. The van der Waals surface area contributed by atoms with Gasteiger partial charge in [-0.05, 0) is 50.3 Å². The number of rotatable bonds is 5. The van der Waals surface area contributed by atoms with Crippen LogP contribution in [0.15, 0.2) is 18.2 Å². The molecule has 1 amide bonds. The number of aryl methyl sites for hydroxylation is 2. The van der Waals surface area contributed by atoms with E-state index in [1.165, 1.54) is 5.56 Å². The molecule has 0 heterocycles. The third-order valence-electron chi connectivity index (χ3n) is 2.85. The van der Waals surface area contributed by atoms with Crippen LogP contribution < -0.4 is 5.32 Å². The molecule has 0 aliphatic carbocycles. The van der Waals surface area contributed by atoms with E-state index in [4.69, 9.17) is 0 Å². The molecular weight excluding hydrogens is 246 g/mol. The molecule has 0 saturated carbocycles. The molecule has 0 bridgehead atoms. The minimum atomic E-state index is -0.866. The second kappa shape index (κ2) is 6.25. The van der Waals surface area contributed by atoms with Crippen molar-refractivity contribution in [2.45, 2.75) is 26.4 Å². The van der Waals surface area contributed by atoms with E-state index in [0.717, 1.165) is 5.56 Å². The molecule has 2 N–H and O–H groups in total. The summed E-state index contributed by atoms with van der Waals surface area (Å²) < 4.78 is 0. The van der Waals surface area contributed by atoms with E-state index in [-0.39, 0.29) is 12.5 Å². The van der Waals surface area contributed by atoms with Gasteiger partial charge in [-0.2, -0.15) is 11.8 Å². The highest BCUT2D eigenvalue weighted by atomic mass is 32.2. The van der Waals surface area contributed by atoms with Crippen LogP contribution in [0.25, 0.3) is 0 Å². The number of amides is 1. The average molecular weight is 267 g/mol. The van der Waals surface area contributed by atoms with Gasteiger partial charge in [0.2, 0.25) is 0 Å². The SMILES string of the molecule is CSCC(C)(O)CNC(=O)c1ccc(C)c(C)c1. The summed E-state index contributed by atoms with van der Waals surface area (Å²) in [6.07, 6.45) is 1.93. The predicted octanol–water partition coefficient (Wildman–Crippen LogP) is 2.15. The Kier molecular flexibility index (Phi) is 5.23. The van der Waals surface area contributed by atoms with Crippen LogP contribution in [0.5, 0.6) is 0 Å². The van der Waals surface area contributed by atoms with Crippen LogP contribution in [0.4, 0.5) is 0 Å². The average Bonchev–Trinajstić information content (AvgIpc) is 2.30. The van der Waals surface area contributed by atoms with Crippen molar-refractivity contribution in [1.29, 1.82) is 0 Å². The minimum absolute atomic E-state index is 0.139. The topological polar surface area (TPSA) is 49.3 Å². The van der Waals surface area contributed by atoms with E-state index >= 15 is 0 Å². The standard InChI is InChI=1S/C14H21NO2S/c1-10-5-6-12(7-11(10)2)13(16)15-8-14(3,17)9-18-4/h5-7,17H,8-9H2,1-4H3,(H,15,16). The smallest absolute Gasteiger partial charge is 0.251 e.